The van der Waals surface area contributed by atoms with Crippen molar-refractivity contribution in [1.82, 2.24) is 14.1 Å². The number of sulfonamides is 1. The molecular weight excluding hydrogens is 438 g/mol. The molecule has 0 unspecified atom stereocenters. The molecule has 7 nitrogen and oxygen atoms in total. The van der Waals surface area contributed by atoms with Crippen LogP contribution in [0.15, 0.2) is 53.4 Å². The lowest BCUT2D eigenvalue weighted by molar-refractivity contribution is -0.133. The van der Waals surface area contributed by atoms with Gasteiger partial charge in [-0.25, -0.2) is 17.2 Å². The van der Waals surface area contributed by atoms with Crippen molar-refractivity contribution in [3.8, 4) is 0 Å². The number of para-hydroxylation sites is 1. The molecule has 0 N–H and O–H groups in total. The van der Waals surface area contributed by atoms with Gasteiger partial charge in [-0.2, -0.15) is 4.31 Å². The highest BCUT2D eigenvalue weighted by molar-refractivity contribution is 7.89. The SMILES string of the molecule is O=C(CN1CCN(c2ccccc2F)CC1)N1CCN(S(=O)(=O)c2ccccc2F)CC1. The molecule has 2 saturated heterocycles. The van der Waals surface area contributed by atoms with Gasteiger partial charge in [-0.15, -0.1) is 0 Å². The molecule has 172 valence electrons. The third-order valence-corrected chi connectivity index (χ3v) is 7.90. The predicted octanol–water partition coefficient (Wildman–Crippen LogP) is 1.62. The molecule has 2 aliphatic heterocycles. The van der Waals surface area contributed by atoms with Crippen molar-refractivity contribution in [2.45, 2.75) is 4.90 Å². The zero-order chi connectivity index (χ0) is 22.7. The highest BCUT2D eigenvalue weighted by Crippen LogP contribution is 2.22. The van der Waals surface area contributed by atoms with Gasteiger partial charge in [0, 0.05) is 52.4 Å². The Morgan fingerprint density at radius 2 is 1.38 bits per heavy atom. The first-order valence-electron chi connectivity index (χ1n) is 10.6. The van der Waals surface area contributed by atoms with Crippen LogP contribution in [-0.4, -0.2) is 87.3 Å². The van der Waals surface area contributed by atoms with Crippen molar-refractivity contribution >= 4 is 21.6 Å². The summed E-state index contributed by atoms with van der Waals surface area (Å²) in [4.78, 5) is 18.0. The quantitative estimate of drug-likeness (QED) is 0.673. The second-order valence-corrected chi connectivity index (χ2v) is 9.84. The molecule has 0 spiro atoms. The van der Waals surface area contributed by atoms with Crippen LogP contribution in [0.4, 0.5) is 14.5 Å². The highest BCUT2D eigenvalue weighted by Gasteiger charge is 2.32. The number of hydrogen-bond donors (Lipinski definition) is 0. The molecule has 0 radical (unpaired) electrons. The Morgan fingerprint density at radius 1 is 0.781 bits per heavy atom. The summed E-state index contributed by atoms with van der Waals surface area (Å²) in [6, 6.07) is 12.0. The summed E-state index contributed by atoms with van der Waals surface area (Å²) >= 11 is 0. The van der Waals surface area contributed by atoms with Crippen molar-refractivity contribution < 1.29 is 22.0 Å². The first-order chi connectivity index (χ1) is 15.4. The molecule has 4 rings (SSSR count). The Labute approximate surface area is 186 Å². The van der Waals surface area contributed by atoms with Gasteiger partial charge in [-0.05, 0) is 24.3 Å². The summed E-state index contributed by atoms with van der Waals surface area (Å²) in [6.45, 7) is 3.57. The molecule has 32 heavy (non-hydrogen) atoms. The number of anilines is 1. The average Bonchev–Trinajstić information content (AvgIpc) is 2.80. The van der Waals surface area contributed by atoms with E-state index in [1.807, 2.05) is 9.80 Å². The molecule has 1 amide bonds. The summed E-state index contributed by atoms with van der Waals surface area (Å²) in [5.41, 5.74) is 0.575. The minimum atomic E-state index is -3.93. The second kappa shape index (κ2) is 9.51. The van der Waals surface area contributed by atoms with Crippen LogP contribution in [0.3, 0.4) is 0 Å². The van der Waals surface area contributed by atoms with Gasteiger partial charge in [0.25, 0.3) is 0 Å². The van der Waals surface area contributed by atoms with Crippen LogP contribution >= 0.6 is 0 Å². The van der Waals surface area contributed by atoms with Gasteiger partial charge in [-0.3, -0.25) is 9.69 Å². The van der Waals surface area contributed by atoms with E-state index < -0.39 is 15.8 Å². The van der Waals surface area contributed by atoms with Crippen LogP contribution in [0.1, 0.15) is 0 Å². The maximum Gasteiger partial charge on any atom is 0.246 e. The molecule has 10 heteroatoms. The normalized spacial score (nSPS) is 18.7. The van der Waals surface area contributed by atoms with Crippen LogP contribution in [-0.2, 0) is 14.8 Å². The number of piperazine rings is 2. The summed E-state index contributed by atoms with van der Waals surface area (Å²) < 4.78 is 54.6. The van der Waals surface area contributed by atoms with E-state index in [1.54, 1.807) is 23.1 Å². The summed E-state index contributed by atoms with van der Waals surface area (Å²) in [5.74, 6) is -1.09. The van der Waals surface area contributed by atoms with E-state index in [1.165, 1.54) is 28.6 Å². The van der Waals surface area contributed by atoms with Crippen LogP contribution in [0, 0.1) is 11.6 Å². The fourth-order valence-corrected chi connectivity index (χ4v) is 5.60. The number of hydrogen-bond acceptors (Lipinski definition) is 5. The smallest absolute Gasteiger partial charge is 0.246 e. The first kappa shape index (κ1) is 22.6. The van der Waals surface area contributed by atoms with Gasteiger partial charge >= 0.3 is 0 Å². The van der Waals surface area contributed by atoms with E-state index in [-0.39, 0.29) is 49.3 Å². The van der Waals surface area contributed by atoms with E-state index in [2.05, 4.69) is 0 Å². The maximum absolute atomic E-state index is 14.0. The molecule has 2 aromatic rings. The molecule has 0 atom stereocenters. The molecule has 2 heterocycles. The number of benzene rings is 2. The monoisotopic (exact) mass is 464 g/mol. The summed E-state index contributed by atoms with van der Waals surface area (Å²) in [6.07, 6.45) is 0. The van der Waals surface area contributed by atoms with Crippen molar-refractivity contribution in [1.29, 1.82) is 0 Å². The van der Waals surface area contributed by atoms with Gasteiger partial charge in [0.05, 0.1) is 12.2 Å². The van der Waals surface area contributed by atoms with Crippen LogP contribution in [0.5, 0.6) is 0 Å². The Bertz CT molecular complexity index is 1070. The topological polar surface area (TPSA) is 64.2 Å². The van der Waals surface area contributed by atoms with Crippen molar-refractivity contribution in [2.75, 3.05) is 63.8 Å². The Balaban J connectivity index is 1.27. The molecule has 0 aliphatic carbocycles. The third kappa shape index (κ3) is 4.77. The fraction of sp³-hybridized carbons (Fsp3) is 0.409. The number of halogens is 2. The molecule has 0 bridgehead atoms. The number of carbonyl (C=O) groups is 1. The Hall–Kier alpha value is -2.56. The lowest BCUT2D eigenvalue weighted by Crippen LogP contribution is -2.54. The molecule has 2 aromatic carbocycles. The van der Waals surface area contributed by atoms with E-state index in [4.69, 9.17) is 0 Å². The molecule has 0 saturated carbocycles. The molecule has 2 aliphatic rings. The van der Waals surface area contributed by atoms with E-state index in [0.717, 1.165) is 6.07 Å². The zero-order valence-corrected chi connectivity index (χ0v) is 18.5. The maximum atomic E-state index is 14.0. The highest BCUT2D eigenvalue weighted by atomic mass is 32.2. The van der Waals surface area contributed by atoms with Gasteiger partial charge < -0.3 is 9.80 Å². The minimum Gasteiger partial charge on any atom is -0.367 e. The first-order valence-corrected chi connectivity index (χ1v) is 12.0. The summed E-state index contributed by atoms with van der Waals surface area (Å²) in [7, 11) is -3.93. The third-order valence-electron chi connectivity index (χ3n) is 5.97. The molecule has 0 aromatic heterocycles. The van der Waals surface area contributed by atoms with E-state index in [0.29, 0.717) is 31.9 Å². The number of carbonyl (C=O) groups excluding carboxylic acids is 1. The number of rotatable bonds is 5. The zero-order valence-electron chi connectivity index (χ0n) is 17.7. The van der Waals surface area contributed by atoms with Crippen molar-refractivity contribution in [2.24, 2.45) is 0 Å². The van der Waals surface area contributed by atoms with Crippen molar-refractivity contribution in [3.05, 3.63) is 60.2 Å². The van der Waals surface area contributed by atoms with Crippen LogP contribution < -0.4 is 4.90 Å². The van der Waals surface area contributed by atoms with Gasteiger partial charge in [-0.1, -0.05) is 24.3 Å². The fourth-order valence-electron chi connectivity index (χ4n) is 4.12. The van der Waals surface area contributed by atoms with E-state index in [9.17, 15) is 22.0 Å². The minimum absolute atomic E-state index is 0.0627. The van der Waals surface area contributed by atoms with Gasteiger partial charge in [0.15, 0.2) is 0 Å². The van der Waals surface area contributed by atoms with E-state index >= 15 is 0 Å². The lowest BCUT2D eigenvalue weighted by Gasteiger charge is -2.38. The van der Waals surface area contributed by atoms with Gasteiger partial charge in [0.1, 0.15) is 16.5 Å². The van der Waals surface area contributed by atoms with Crippen molar-refractivity contribution in [3.63, 3.8) is 0 Å². The molecule has 2 fully saturated rings. The second-order valence-electron chi connectivity index (χ2n) is 7.93. The summed E-state index contributed by atoms with van der Waals surface area (Å²) in [5, 5.41) is 0. The Morgan fingerprint density at radius 3 is 2.00 bits per heavy atom. The largest absolute Gasteiger partial charge is 0.367 e. The van der Waals surface area contributed by atoms with Crippen LogP contribution in [0.25, 0.3) is 0 Å². The van der Waals surface area contributed by atoms with Gasteiger partial charge in [0.2, 0.25) is 15.9 Å². The standard InChI is InChI=1S/C22H26F2N4O3S/c23-18-5-1-3-7-20(18)26-11-9-25(10-12-26)17-22(29)27-13-15-28(16-14-27)32(30,31)21-8-4-2-6-19(21)24/h1-8H,9-17H2. The average molecular weight is 465 g/mol. The predicted molar refractivity (Wildman–Crippen MR) is 117 cm³/mol. The number of nitrogens with zero attached hydrogens (tertiary/aromatic N) is 4. The van der Waals surface area contributed by atoms with Crippen LogP contribution in [0.2, 0.25) is 0 Å². The number of amides is 1. The lowest BCUT2D eigenvalue weighted by atomic mass is 10.2. The molecular formula is C22H26F2N4O3S. The Kier molecular flexibility index (Phi) is 6.73.